The summed E-state index contributed by atoms with van der Waals surface area (Å²) in [4.78, 5) is 5.44. The highest BCUT2D eigenvalue weighted by Gasteiger charge is 2.28. The lowest BCUT2D eigenvalue weighted by Crippen LogP contribution is -2.52. The lowest BCUT2D eigenvalue weighted by atomic mass is 9.93. The summed E-state index contributed by atoms with van der Waals surface area (Å²) in [6.45, 7) is 6.59. The molecule has 2 aromatic carbocycles. The Morgan fingerprint density at radius 3 is 2.23 bits per heavy atom. The van der Waals surface area contributed by atoms with Crippen molar-refractivity contribution >= 4 is 23.2 Å². The third-order valence-corrected chi connectivity index (χ3v) is 7.35. The van der Waals surface area contributed by atoms with Gasteiger partial charge in [0.05, 0.1) is 0 Å². The lowest BCUT2D eigenvalue weighted by Gasteiger charge is -2.43. The summed E-state index contributed by atoms with van der Waals surface area (Å²) in [7, 11) is 0. The van der Waals surface area contributed by atoms with Gasteiger partial charge in [0.25, 0.3) is 0 Å². The number of hydrogen-bond acceptors (Lipinski definition) is 3. The maximum absolute atomic E-state index is 6.15. The number of benzene rings is 2. The molecule has 0 spiro atoms. The number of nitrogens with one attached hydrogen (secondary N) is 1. The smallest absolute Gasteiger partial charge is 0.0473 e. The van der Waals surface area contributed by atoms with Crippen molar-refractivity contribution in [3.8, 4) is 0 Å². The van der Waals surface area contributed by atoms with Crippen LogP contribution in [0.5, 0.6) is 0 Å². The minimum Gasteiger partial charge on any atom is -0.314 e. The molecule has 0 radical (unpaired) electrons. The molecule has 31 heavy (non-hydrogen) atoms. The van der Waals surface area contributed by atoms with Crippen LogP contribution >= 0.6 is 23.2 Å². The number of piperazine rings is 1. The van der Waals surface area contributed by atoms with Crippen molar-refractivity contribution in [2.75, 3.05) is 39.3 Å². The predicted octanol–water partition coefficient (Wildman–Crippen LogP) is 5.82. The van der Waals surface area contributed by atoms with E-state index in [2.05, 4.69) is 45.4 Å². The van der Waals surface area contributed by atoms with Gasteiger partial charge in [0.1, 0.15) is 0 Å². The van der Waals surface area contributed by atoms with Gasteiger partial charge in [0, 0.05) is 54.9 Å². The Morgan fingerprint density at radius 1 is 0.871 bits per heavy atom. The molecule has 0 amide bonds. The highest BCUT2D eigenvalue weighted by molar-refractivity contribution is 6.34. The van der Waals surface area contributed by atoms with E-state index >= 15 is 0 Å². The van der Waals surface area contributed by atoms with Gasteiger partial charge in [-0.2, -0.15) is 0 Å². The van der Waals surface area contributed by atoms with Gasteiger partial charge in [-0.3, -0.25) is 9.80 Å². The average Bonchev–Trinajstić information content (AvgIpc) is 2.80. The zero-order valence-corrected chi connectivity index (χ0v) is 19.9. The first kappa shape index (κ1) is 23.1. The Balaban J connectivity index is 1.32. The van der Waals surface area contributed by atoms with Crippen molar-refractivity contribution in [2.24, 2.45) is 0 Å². The van der Waals surface area contributed by atoms with Crippen LogP contribution in [0.25, 0.3) is 0 Å². The van der Waals surface area contributed by atoms with Crippen LogP contribution in [0.1, 0.15) is 49.3 Å². The third kappa shape index (κ3) is 6.69. The van der Waals surface area contributed by atoms with Crippen LogP contribution in [0.2, 0.25) is 10.0 Å². The van der Waals surface area contributed by atoms with Gasteiger partial charge >= 0.3 is 0 Å². The standard InChI is InChI=1S/C26H35Cl2N3/c27-23-17-21(18-24(28)19-23)11-12-29-20-26(22-7-3-1-4-8-22)31-15-13-30(14-16-31)25-9-5-2-6-10-25/h1,3-4,7-8,17-19,25-26,29H,2,5-6,9-16,20H2. The monoisotopic (exact) mass is 459 g/mol. The zero-order chi connectivity index (χ0) is 21.5. The minimum absolute atomic E-state index is 0.414. The Bertz CT molecular complexity index is 779. The minimum atomic E-state index is 0.414. The Hall–Kier alpha value is -1.10. The molecule has 1 aliphatic heterocycles. The first-order chi connectivity index (χ1) is 15.2. The van der Waals surface area contributed by atoms with E-state index in [9.17, 15) is 0 Å². The molecule has 1 N–H and O–H groups in total. The maximum atomic E-state index is 6.15. The molecule has 2 aromatic rings. The van der Waals surface area contributed by atoms with Crippen molar-refractivity contribution < 1.29 is 0 Å². The molecule has 2 fully saturated rings. The molecule has 1 saturated heterocycles. The van der Waals surface area contributed by atoms with E-state index in [-0.39, 0.29) is 0 Å². The topological polar surface area (TPSA) is 18.5 Å². The summed E-state index contributed by atoms with van der Waals surface area (Å²) in [5, 5.41) is 5.12. The van der Waals surface area contributed by atoms with E-state index in [0.29, 0.717) is 16.1 Å². The highest BCUT2D eigenvalue weighted by Crippen LogP contribution is 2.26. The largest absolute Gasteiger partial charge is 0.314 e. The van der Waals surface area contributed by atoms with Gasteiger partial charge in [-0.15, -0.1) is 0 Å². The summed E-state index contributed by atoms with van der Waals surface area (Å²) >= 11 is 12.3. The maximum Gasteiger partial charge on any atom is 0.0473 e. The van der Waals surface area contributed by atoms with Gasteiger partial charge in [0.15, 0.2) is 0 Å². The Labute approximate surface area is 197 Å². The van der Waals surface area contributed by atoms with E-state index in [0.717, 1.165) is 38.6 Å². The first-order valence-electron chi connectivity index (χ1n) is 11.9. The van der Waals surface area contributed by atoms with Gasteiger partial charge < -0.3 is 5.32 Å². The molecule has 1 heterocycles. The molecule has 2 aliphatic rings. The van der Waals surface area contributed by atoms with E-state index in [1.54, 1.807) is 6.07 Å². The average molecular weight is 460 g/mol. The van der Waals surface area contributed by atoms with E-state index in [4.69, 9.17) is 23.2 Å². The van der Waals surface area contributed by atoms with E-state index in [1.165, 1.54) is 56.3 Å². The molecule has 1 saturated carbocycles. The highest BCUT2D eigenvalue weighted by atomic mass is 35.5. The number of hydrogen-bond donors (Lipinski definition) is 1. The third-order valence-electron chi connectivity index (χ3n) is 6.92. The van der Waals surface area contributed by atoms with Crippen molar-refractivity contribution in [3.05, 3.63) is 69.7 Å². The Kier molecular flexibility index (Phi) is 8.69. The number of rotatable bonds is 8. The van der Waals surface area contributed by atoms with Gasteiger partial charge in [0.2, 0.25) is 0 Å². The summed E-state index contributed by atoms with van der Waals surface area (Å²) in [5.74, 6) is 0. The SMILES string of the molecule is Clc1cc(Cl)cc(CCNCC(c2ccccc2)N2CCN(C3CCCCC3)CC2)c1. The molecule has 4 rings (SSSR count). The molecule has 0 bridgehead atoms. The van der Waals surface area contributed by atoms with Gasteiger partial charge in [-0.05, 0) is 55.1 Å². The molecular weight excluding hydrogens is 425 g/mol. The normalized spacial score (nSPS) is 20.1. The molecule has 1 atom stereocenters. The van der Waals surface area contributed by atoms with Gasteiger partial charge in [-0.25, -0.2) is 0 Å². The van der Waals surface area contributed by atoms with Crippen LogP contribution in [0.4, 0.5) is 0 Å². The zero-order valence-electron chi connectivity index (χ0n) is 18.4. The van der Waals surface area contributed by atoms with Crippen molar-refractivity contribution in [3.63, 3.8) is 0 Å². The lowest BCUT2D eigenvalue weighted by molar-refractivity contribution is 0.0559. The van der Waals surface area contributed by atoms with Crippen molar-refractivity contribution in [1.29, 1.82) is 0 Å². The first-order valence-corrected chi connectivity index (χ1v) is 12.6. The predicted molar refractivity (Wildman–Crippen MR) is 132 cm³/mol. The summed E-state index contributed by atoms with van der Waals surface area (Å²) in [6, 6.07) is 18.0. The number of nitrogens with zero attached hydrogens (tertiary/aromatic N) is 2. The van der Waals surface area contributed by atoms with Crippen molar-refractivity contribution in [2.45, 2.75) is 50.6 Å². The van der Waals surface area contributed by atoms with Crippen LogP contribution < -0.4 is 5.32 Å². The van der Waals surface area contributed by atoms with Crippen LogP contribution in [-0.2, 0) is 6.42 Å². The second kappa shape index (κ2) is 11.7. The van der Waals surface area contributed by atoms with Gasteiger partial charge in [-0.1, -0.05) is 72.8 Å². The summed E-state index contributed by atoms with van der Waals surface area (Å²) < 4.78 is 0. The van der Waals surface area contributed by atoms with Crippen LogP contribution in [0.15, 0.2) is 48.5 Å². The second-order valence-electron chi connectivity index (χ2n) is 9.02. The fourth-order valence-electron chi connectivity index (χ4n) is 5.22. The van der Waals surface area contributed by atoms with Crippen LogP contribution in [0.3, 0.4) is 0 Å². The number of halogens is 2. The van der Waals surface area contributed by atoms with E-state index < -0.39 is 0 Å². The molecular formula is C26H35Cl2N3. The molecule has 1 unspecified atom stereocenters. The second-order valence-corrected chi connectivity index (χ2v) is 9.89. The molecule has 5 heteroatoms. The van der Waals surface area contributed by atoms with Crippen LogP contribution in [-0.4, -0.2) is 55.1 Å². The Morgan fingerprint density at radius 2 is 1.55 bits per heavy atom. The molecule has 3 nitrogen and oxygen atoms in total. The molecule has 1 aliphatic carbocycles. The molecule has 0 aromatic heterocycles. The fourth-order valence-corrected chi connectivity index (χ4v) is 5.79. The van der Waals surface area contributed by atoms with E-state index in [1.807, 2.05) is 12.1 Å². The van der Waals surface area contributed by atoms with Crippen LogP contribution in [0, 0.1) is 0 Å². The summed E-state index contributed by atoms with van der Waals surface area (Å²) in [5.41, 5.74) is 2.59. The summed E-state index contributed by atoms with van der Waals surface area (Å²) in [6.07, 6.45) is 7.99. The quantitative estimate of drug-likeness (QED) is 0.501. The van der Waals surface area contributed by atoms with Crippen molar-refractivity contribution in [1.82, 2.24) is 15.1 Å². The molecule has 168 valence electrons. The fraction of sp³-hybridized carbons (Fsp3) is 0.538.